The molecule has 0 spiro atoms. The Bertz CT molecular complexity index is 665. The van der Waals surface area contributed by atoms with Crippen LogP contribution in [-0.4, -0.2) is 63.7 Å². The maximum Gasteiger partial charge on any atom is 0.161 e. The number of para-hydroxylation sites is 1. The Kier molecular flexibility index (Phi) is 8.91. The van der Waals surface area contributed by atoms with Gasteiger partial charge in [0, 0.05) is 20.2 Å². The molecule has 0 bridgehead atoms. The second-order valence-corrected chi connectivity index (χ2v) is 6.30. The van der Waals surface area contributed by atoms with Gasteiger partial charge in [0.15, 0.2) is 11.5 Å². The molecule has 0 aromatic heterocycles. The summed E-state index contributed by atoms with van der Waals surface area (Å²) in [5.74, 6) is 2.13. The van der Waals surface area contributed by atoms with Gasteiger partial charge in [-0.25, -0.2) is 0 Å². The third-order valence-electron chi connectivity index (χ3n) is 3.93. The minimum atomic E-state index is -0.578. The highest BCUT2D eigenvalue weighted by Gasteiger charge is 2.12. The van der Waals surface area contributed by atoms with Crippen molar-refractivity contribution in [3.05, 3.63) is 54.1 Å². The van der Waals surface area contributed by atoms with Gasteiger partial charge in [0.25, 0.3) is 0 Å². The third kappa shape index (κ3) is 7.46. The molecule has 27 heavy (non-hydrogen) atoms. The van der Waals surface area contributed by atoms with E-state index in [0.717, 1.165) is 11.3 Å². The minimum Gasteiger partial charge on any atom is -0.493 e. The molecule has 2 aromatic rings. The highest BCUT2D eigenvalue weighted by Crippen LogP contribution is 2.28. The Morgan fingerprint density at radius 3 is 2.44 bits per heavy atom. The zero-order valence-electron chi connectivity index (χ0n) is 16.3. The fourth-order valence-electron chi connectivity index (χ4n) is 2.67. The fraction of sp³-hybridized carbons (Fsp3) is 0.429. The fourth-order valence-corrected chi connectivity index (χ4v) is 2.67. The Morgan fingerprint density at radius 2 is 1.74 bits per heavy atom. The van der Waals surface area contributed by atoms with Gasteiger partial charge in [-0.05, 0) is 36.9 Å². The molecule has 0 amide bonds. The Balaban J connectivity index is 1.84. The van der Waals surface area contributed by atoms with E-state index >= 15 is 0 Å². The number of benzene rings is 2. The van der Waals surface area contributed by atoms with Crippen molar-refractivity contribution in [3.63, 3.8) is 0 Å². The Morgan fingerprint density at radius 1 is 0.963 bits per heavy atom. The lowest BCUT2D eigenvalue weighted by atomic mass is 10.2. The molecule has 6 heteroatoms. The van der Waals surface area contributed by atoms with Gasteiger partial charge in [0.1, 0.15) is 25.1 Å². The van der Waals surface area contributed by atoms with Crippen molar-refractivity contribution >= 4 is 0 Å². The van der Waals surface area contributed by atoms with Crippen LogP contribution in [-0.2, 0) is 11.3 Å². The summed E-state index contributed by atoms with van der Waals surface area (Å²) >= 11 is 0. The number of aliphatic hydroxyl groups excluding tert-OH is 1. The molecule has 0 aliphatic heterocycles. The second kappa shape index (κ2) is 11.4. The molecule has 0 heterocycles. The van der Waals surface area contributed by atoms with Crippen molar-refractivity contribution < 1.29 is 24.1 Å². The van der Waals surface area contributed by atoms with E-state index in [1.807, 2.05) is 60.5 Å². The predicted molar refractivity (Wildman–Crippen MR) is 105 cm³/mol. The average molecular weight is 375 g/mol. The maximum atomic E-state index is 10.2. The molecule has 148 valence electrons. The molecule has 0 radical (unpaired) electrons. The van der Waals surface area contributed by atoms with E-state index in [9.17, 15) is 5.11 Å². The van der Waals surface area contributed by atoms with Crippen LogP contribution in [0.3, 0.4) is 0 Å². The molecule has 0 aliphatic carbocycles. The number of hydrogen-bond acceptors (Lipinski definition) is 6. The number of rotatable bonds is 12. The topological polar surface area (TPSA) is 60.4 Å². The van der Waals surface area contributed by atoms with E-state index in [1.165, 1.54) is 0 Å². The van der Waals surface area contributed by atoms with Gasteiger partial charge in [-0.15, -0.1) is 0 Å². The van der Waals surface area contributed by atoms with Gasteiger partial charge < -0.3 is 24.1 Å². The van der Waals surface area contributed by atoms with E-state index in [0.29, 0.717) is 37.8 Å². The monoisotopic (exact) mass is 375 g/mol. The highest BCUT2D eigenvalue weighted by molar-refractivity contribution is 5.43. The normalized spacial score (nSPS) is 12.0. The number of nitrogens with zero attached hydrogens (tertiary/aromatic N) is 1. The van der Waals surface area contributed by atoms with Gasteiger partial charge in [-0.3, -0.25) is 4.90 Å². The van der Waals surface area contributed by atoms with Gasteiger partial charge in [0.05, 0.1) is 13.7 Å². The van der Waals surface area contributed by atoms with Gasteiger partial charge in [-0.2, -0.15) is 0 Å². The molecule has 0 unspecified atom stereocenters. The summed E-state index contributed by atoms with van der Waals surface area (Å²) in [4.78, 5) is 2.04. The quantitative estimate of drug-likeness (QED) is 0.576. The molecule has 0 saturated carbocycles. The molecule has 6 nitrogen and oxygen atoms in total. The SMILES string of the molecule is COCCOc1cc(CN(C)C[C@@H](O)COc2ccccc2)ccc1OC. The number of methoxy groups -OCH3 is 2. The van der Waals surface area contributed by atoms with Gasteiger partial charge in [0.2, 0.25) is 0 Å². The Hall–Kier alpha value is -2.28. The molecule has 1 N–H and O–H groups in total. The van der Waals surface area contributed by atoms with E-state index in [-0.39, 0.29) is 6.61 Å². The molecule has 0 aliphatic rings. The van der Waals surface area contributed by atoms with Crippen LogP contribution in [0.2, 0.25) is 0 Å². The first-order valence-electron chi connectivity index (χ1n) is 8.95. The summed E-state index contributed by atoms with van der Waals surface area (Å²) in [7, 11) is 5.22. The van der Waals surface area contributed by atoms with E-state index in [2.05, 4.69) is 0 Å². The van der Waals surface area contributed by atoms with Crippen molar-refractivity contribution in [1.82, 2.24) is 4.90 Å². The lowest BCUT2D eigenvalue weighted by molar-refractivity contribution is 0.0743. The molecular formula is C21H29NO5. The summed E-state index contributed by atoms with van der Waals surface area (Å²) in [5, 5.41) is 10.2. The third-order valence-corrected chi connectivity index (χ3v) is 3.93. The van der Waals surface area contributed by atoms with Gasteiger partial charge in [-0.1, -0.05) is 24.3 Å². The first kappa shape index (κ1) is 21.0. The molecule has 0 fully saturated rings. The Labute approximate surface area is 161 Å². The molecule has 0 saturated heterocycles. The zero-order valence-corrected chi connectivity index (χ0v) is 16.3. The van der Waals surface area contributed by atoms with E-state index in [1.54, 1.807) is 14.2 Å². The molecule has 2 rings (SSSR count). The van der Waals surface area contributed by atoms with Crippen molar-refractivity contribution in [3.8, 4) is 17.2 Å². The van der Waals surface area contributed by atoms with Crippen LogP contribution >= 0.6 is 0 Å². The molecular weight excluding hydrogens is 346 g/mol. The van der Waals surface area contributed by atoms with Crippen molar-refractivity contribution in [2.75, 3.05) is 47.6 Å². The van der Waals surface area contributed by atoms with Crippen LogP contribution < -0.4 is 14.2 Å². The van der Waals surface area contributed by atoms with E-state index < -0.39 is 6.10 Å². The largest absolute Gasteiger partial charge is 0.493 e. The molecule has 1 atom stereocenters. The summed E-state index contributed by atoms with van der Waals surface area (Å²) < 4.78 is 21.7. The first-order valence-corrected chi connectivity index (χ1v) is 8.95. The number of likely N-dealkylation sites (N-methyl/N-ethyl adjacent to an activating group) is 1. The maximum absolute atomic E-state index is 10.2. The number of aliphatic hydroxyl groups is 1. The van der Waals surface area contributed by atoms with Crippen LogP contribution in [0.4, 0.5) is 0 Å². The van der Waals surface area contributed by atoms with Crippen LogP contribution in [0.15, 0.2) is 48.5 Å². The lowest BCUT2D eigenvalue weighted by Crippen LogP contribution is -2.32. The standard InChI is InChI=1S/C21H29NO5/c1-22(15-18(23)16-27-19-7-5-4-6-8-19)14-17-9-10-20(25-3)21(13-17)26-12-11-24-2/h4-10,13,18,23H,11-12,14-16H2,1-3H3/t18-/m1/s1. The number of ether oxygens (including phenoxy) is 4. The number of hydrogen-bond donors (Lipinski definition) is 1. The summed E-state index contributed by atoms with van der Waals surface area (Å²) in [6, 6.07) is 15.3. The summed E-state index contributed by atoms with van der Waals surface area (Å²) in [6.45, 7) is 2.40. The first-order chi connectivity index (χ1) is 13.1. The van der Waals surface area contributed by atoms with Crippen LogP contribution in [0, 0.1) is 0 Å². The summed E-state index contributed by atoms with van der Waals surface area (Å²) in [6.07, 6.45) is -0.578. The average Bonchev–Trinajstić information content (AvgIpc) is 2.67. The van der Waals surface area contributed by atoms with Crippen molar-refractivity contribution in [2.45, 2.75) is 12.6 Å². The lowest BCUT2D eigenvalue weighted by Gasteiger charge is -2.21. The van der Waals surface area contributed by atoms with Crippen LogP contribution in [0.25, 0.3) is 0 Å². The van der Waals surface area contributed by atoms with Gasteiger partial charge >= 0.3 is 0 Å². The smallest absolute Gasteiger partial charge is 0.161 e. The zero-order chi connectivity index (χ0) is 19.5. The molecule has 2 aromatic carbocycles. The second-order valence-electron chi connectivity index (χ2n) is 6.30. The van der Waals surface area contributed by atoms with Crippen LogP contribution in [0.5, 0.6) is 17.2 Å². The van der Waals surface area contributed by atoms with Crippen LogP contribution in [0.1, 0.15) is 5.56 Å². The van der Waals surface area contributed by atoms with E-state index in [4.69, 9.17) is 18.9 Å². The summed E-state index contributed by atoms with van der Waals surface area (Å²) in [5.41, 5.74) is 1.07. The predicted octanol–water partition coefficient (Wildman–Crippen LogP) is 2.59. The van der Waals surface area contributed by atoms with Crippen molar-refractivity contribution in [1.29, 1.82) is 0 Å². The highest BCUT2D eigenvalue weighted by atomic mass is 16.5. The minimum absolute atomic E-state index is 0.252. The van der Waals surface area contributed by atoms with Crippen molar-refractivity contribution in [2.24, 2.45) is 0 Å².